The molecule has 0 saturated heterocycles. The normalized spacial score (nSPS) is 11.4. The highest BCUT2D eigenvalue weighted by Gasteiger charge is 2.08. The summed E-state index contributed by atoms with van der Waals surface area (Å²) in [5.41, 5.74) is 6.78. The van der Waals surface area contributed by atoms with Crippen molar-refractivity contribution in [3.8, 4) is 0 Å². The van der Waals surface area contributed by atoms with Crippen LogP contribution in [-0.4, -0.2) is 19.9 Å². The Bertz CT molecular complexity index is 1090. The van der Waals surface area contributed by atoms with Gasteiger partial charge in [0.2, 0.25) is 0 Å². The van der Waals surface area contributed by atoms with Crippen molar-refractivity contribution in [3.63, 3.8) is 0 Å². The van der Waals surface area contributed by atoms with Crippen LogP contribution in [0.5, 0.6) is 0 Å². The maximum atomic E-state index is 4.63. The van der Waals surface area contributed by atoms with E-state index in [1.807, 2.05) is 24.5 Å². The lowest BCUT2D eigenvalue weighted by atomic mass is 10.1. The molecule has 2 N–H and O–H groups in total. The van der Waals surface area contributed by atoms with Crippen molar-refractivity contribution < 1.29 is 0 Å². The second-order valence-electron chi connectivity index (χ2n) is 6.57. The van der Waals surface area contributed by atoms with E-state index in [1.54, 1.807) is 0 Å². The monoisotopic (exact) mass is 338 g/mol. The minimum absolute atomic E-state index is 0.782. The van der Waals surface area contributed by atoms with Crippen LogP contribution in [0.25, 0.3) is 21.8 Å². The van der Waals surface area contributed by atoms with E-state index in [9.17, 15) is 0 Å². The largest absolute Gasteiger partial charge is 0.361 e. The summed E-state index contributed by atoms with van der Waals surface area (Å²) < 4.78 is 0. The average Bonchev–Trinajstić information content (AvgIpc) is 3.28. The molecule has 0 saturated carbocycles. The van der Waals surface area contributed by atoms with Gasteiger partial charge in [0, 0.05) is 59.4 Å². The maximum Gasteiger partial charge on any atom is 0.0631 e. The van der Waals surface area contributed by atoms with Gasteiger partial charge in [-0.2, -0.15) is 0 Å². The molecule has 0 aliphatic heterocycles. The minimum atomic E-state index is 0.782. The summed E-state index contributed by atoms with van der Waals surface area (Å²) in [5.74, 6) is 0. The van der Waals surface area contributed by atoms with Gasteiger partial charge < -0.3 is 9.97 Å². The molecule has 0 bridgehead atoms. The van der Waals surface area contributed by atoms with Crippen LogP contribution in [0.1, 0.15) is 22.5 Å². The van der Waals surface area contributed by atoms with Gasteiger partial charge in [0.15, 0.2) is 0 Å². The molecule has 3 aromatic heterocycles. The molecular formula is C22H18N4. The average molecular weight is 338 g/mol. The molecule has 0 fully saturated rings. The van der Waals surface area contributed by atoms with Gasteiger partial charge in [0.05, 0.1) is 11.4 Å². The van der Waals surface area contributed by atoms with Gasteiger partial charge in [0.25, 0.3) is 0 Å². The summed E-state index contributed by atoms with van der Waals surface area (Å²) >= 11 is 0. The Kier molecular flexibility index (Phi) is 3.53. The number of aromatic nitrogens is 4. The quantitative estimate of drug-likeness (QED) is 0.502. The van der Waals surface area contributed by atoms with Crippen LogP contribution < -0.4 is 0 Å². The van der Waals surface area contributed by atoms with E-state index in [-0.39, 0.29) is 0 Å². The van der Waals surface area contributed by atoms with Crippen LogP contribution in [0.15, 0.2) is 73.3 Å². The van der Waals surface area contributed by atoms with E-state index in [0.717, 1.165) is 35.3 Å². The van der Waals surface area contributed by atoms with Crippen molar-refractivity contribution >= 4 is 21.8 Å². The molecule has 0 aliphatic carbocycles. The molecule has 5 rings (SSSR count). The number of para-hydroxylation sites is 2. The molecule has 0 atom stereocenters. The second kappa shape index (κ2) is 6.15. The first-order valence-electron chi connectivity index (χ1n) is 8.76. The molecule has 5 aromatic rings. The smallest absolute Gasteiger partial charge is 0.0631 e. The topological polar surface area (TPSA) is 57.4 Å². The number of nitrogens with one attached hydrogen (secondary N) is 2. The van der Waals surface area contributed by atoms with Crippen LogP contribution in [0.4, 0.5) is 0 Å². The Morgan fingerprint density at radius 1 is 0.615 bits per heavy atom. The number of hydrogen-bond acceptors (Lipinski definition) is 2. The van der Waals surface area contributed by atoms with Crippen LogP contribution in [-0.2, 0) is 12.8 Å². The molecule has 3 heterocycles. The van der Waals surface area contributed by atoms with Crippen molar-refractivity contribution in [3.05, 3.63) is 95.8 Å². The van der Waals surface area contributed by atoms with Gasteiger partial charge >= 0.3 is 0 Å². The van der Waals surface area contributed by atoms with Gasteiger partial charge in [-0.3, -0.25) is 9.97 Å². The zero-order valence-corrected chi connectivity index (χ0v) is 14.2. The molecular weight excluding hydrogens is 320 g/mol. The Balaban J connectivity index is 1.37. The Labute approximate surface area is 150 Å². The Hall–Kier alpha value is -3.40. The third-order valence-electron chi connectivity index (χ3n) is 4.85. The Morgan fingerprint density at radius 2 is 1.08 bits per heavy atom. The van der Waals surface area contributed by atoms with E-state index < -0.39 is 0 Å². The minimum Gasteiger partial charge on any atom is -0.361 e. The number of rotatable bonds is 4. The van der Waals surface area contributed by atoms with Gasteiger partial charge in [0.1, 0.15) is 0 Å². The lowest BCUT2D eigenvalue weighted by Crippen LogP contribution is -1.97. The Morgan fingerprint density at radius 3 is 1.54 bits per heavy atom. The summed E-state index contributed by atoms with van der Waals surface area (Å²) in [6, 6.07) is 16.7. The van der Waals surface area contributed by atoms with Crippen molar-refractivity contribution in [2.45, 2.75) is 12.8 Å². The maximum absolute atomic E-state index is 4.63. The second-order valence-corrected chi connectivity index (χ2v) is 6.57. The highest BCUT2D eigenvalue weighted by molar-refractivity contribution is 5.84. The molecule has 0 spiro atoms. The highest BCUT2D eigenvalue weighted by atomic mass is 14.8. The first-order valence-corrected chi connectivity index (χ1v) is 8.76. The number of benzene rings is 2. The van der Waals surface area contributed by atoms with Gasteiger partial charge in [-0.05, 0) is 23.3 Å². The number of H-pyrrole nitrogens is 2. The molecule has 0 amide bonds. The van der Waals surface area contributed by atoms with Crippen LogP contribution >= 0.6 is 0 Å². The number of aromatic amines is 2. The SMILES string of the molecule is c1ccc2c(Cc3cnc(Cc4c[nH]c5ccccc45)cn3)c[nH]c2c1. The zero-order valence-electron chi connectivity index (χ0n) is 14.2. The van der Waals surface area contributed by atoms with E-state index in [0.29, 0.717) is 0 Å². The third kappa shape index (κ3) is 2.65. The van der Waals surface area contributed by atoms with Crippen molar-refractivity contribution in [1.82, 2.24) is 19.9 Å². The fourth-order valence-corrected chi connectivity index (χ4v) is 3.51. The predicted molar refractivity (Wildman–Crippen MR) is 104 cm³/mol. The summed E-state index contributed by atoms with van der Waals surface area (Å²) in [6.07, 6.45) is 9.48. The van der Waals surface area contributed by atoms with E-state index in [1.165, 1.54) is 21.9 Å². The van der Waals surface area contributed by atoms with Crippen molar-refractivity contribution in [2.75, 3.05) is 0 Å². The van der Waals surface area contributed by atoms with Gasteiger partial charge in [-0.15, -0.1) is 0 Å². The first-order chi connectivity index (χ1) is 12.9. The van der Waals surface area contributed by atoms with Crippen LogP contribution in [0.2, 0.25) is 0 Å². The van der Waals surface area contributed by atoms with Crippen molar-refractivity contribution in [1.29, 1.82) is 0 Å². The van der Waals surface area contributed by atoms with Crippen LogP contribution in [0.3, 0.4) is 0 Å². The number of nitrogens with zero attached hydrogens (tertiary/aromatic N) is 2. The molecule has 0 radical (unpaired) electrons. The summed E-state index contributed by atoms with van der Waals surface area (Å²) in [5, 5.41) is 2.49. The van der Waals surface area contributed by atoms with E-state index in [4.69, 9.17) is 0 Å². The third-order valence-corrected chi connectivity index (χ3v) is 4.85. The van der Waals surface area contributed by atoms with E-state index >= 15 is 0 Å². The molecule has 0 aliphatic rings. The van der Waals surface area contributed by atoms with Gasteiger partial charge in [-0.1, -0.05) is 36.4 Å². The lowest BCUT2D eigenvalue weighted by Gasteiger charge is -2.03. The molecule has 4 heteroatoms. The first kappa shape index (κ1) is 14.9. The number of hydrogen-bond donors (Lipinski definition) is 2. The predicted octanol–water partition coefficient (Wildman–Crippen LogP) is 4.62. The standard InChI is InChI=1S/C22H18N4/c1-3-7-21-19(5-1)15(11-25-21)9-17-13-24-18(14-23-17)10-16-12-26-22-8-4-2-6-20(16)22/h1-8,11-14,25-26H,9-10H2. The molecule has 26 heavy (non-hydrogen) atoms. The molecule has 0 unspecified atom stereocenters. The summed E-state index contributed by atoms with van der Waals surface area (Å²) in [6.45, 7) is 0. The summed E-state index contributed by atoms with van der Waals surface area (Å²) in [4.78, 5) is 15.9. The van der Waals surface area contributed by atoms with Gasteiger partial charge in [-0.25, -0.2) is 0 Å². The van der Waals surface area contributed by atoms with E-state index in [2.05, 4.69) is 68.7 Å². The zero-order chi connectivity index (χ0) is 17.3. The summed E-state index contributed by atoms with van der Waals surface area (Å²) in [7, 11) is 0. The fourth-order valence-electron chi connectivity index (χ4n) is 3.51. The molecule has 2 aromatic carbocycles. The number of fused-ring (bicyclic) bond motifs is 2. The van der Waals surface area contributed by atoms with Crippen LogP contribution in [0, 0.1) is 0 Å². The fraction of sp³-hybridized carbons (Fsp3) is 0.0909. The highest BCUT2D eigenvalue weighted by Crippen LogP contribution is 2.21. The molecule has 126 valence electrons. The lowest BCUT2D eigenvalue weighted by molar-refractivity contribution is 0.972. The molecule has 4 nitrogen and oxygen atoms in total. The van der Waals surface area contributed by atoms with Crippen molar-refractivity contribution in [2.24, 2.45) is 0 Å².